The van der Waals surface area contributed by atoms with E-state index in [1.54, 1.807) is 0 Å². The molecule has 0 unspecified atom stereocenters. The van der Waals surface area contributed by atoms with Crippen LogP contribution in [0.4, 0.5) is 13.2 Å². The summed E-state index contributed by atoms with van der Waals surface area (Å²) < 4.78 is 37.1. The molecule has 1 rings (SSSR count). The number of aromatic nitrogens is 2. The zero-order valence-corrected chi connectivity index (χ0v) is 9.06. The molecule has 0 saturated carbocycles. The van der Waals surface area contributed by atoms with Crippen molar-refractivity contribution < 1.29 is 13.2 Å². The van der Waals surface area contributed by atoms with Gasteiger partial charge >= 0.3 is 6.18 Å². The minimum absolute atomic E-state index is 0.362. The molecule has 0 N–H and O–H groups in total. The predicted octanol–water partition coefficient (Wildman–Crippen LogP) is 2.72. The summed E-state index contributed by atoms with van der Waals surface area (Å²) in [5, 5.41) is 0. The van der Waals surface area contributed by atoms with Gasteiger partial charge in [0.05, 0.1) is 15.0 Å². The second-order valence-corrected chi connectivity index (χ2v) is 3.61. The SMILES string of the molecule is Cc1nc(C(F)(F)F)nc(C)c1I. The van der Waals surface area contributed by atoms with E-state index in [4.69, 9.17) is 0 Å². The topological polar surface area (TPSA) is 25.8 Å². The third kappa shape index (κ3) is 2.29. The molecule has 0 saturated heterocycles. The van der Waals surface area contributed by atoms with Gasteiger partial charge in [0.15, 0.2) is 0 Å². The largest absolute Gasteiger partial charge is 0.451 e. The first kappa shape index (κ1) is 10.7. The van der Waals surface area contributed by atoms with Gasteiger partial charge in [-0.2, -0.15) is 13.2 Å². The summed E-state index contributed by atoms with van der Waals surface area (Å²) in [6.45, 7) is 3.07. The fourth-order valence-corrected chi connectivity index (χ4v) is 1.07. The molecule has 1 heterocycles. The maximum Gasteiger partial charge on any atom is 0.451 e. The molecule has 72 valence electrons. The molecule has 0 bridgehead atoms. The maximum absolute atomic E-state index is 12.2. The van der Waals surface area contributed by atoms with Crippen LogP contribution in [-0.4, -0.2) is 9.97 Å². The Balaban J connectivity index is 3.29. The minimum atomic E-state index is -4.46. The van der Waals surface area contributed by atoms with E-state index < -0.39 is 12.0 Å². The smallest absolute Gasteiger partial charge is 0.229 e. The van der Waals surface area contributed by atoms with Crippen LogP contribution in [0.3, 0.4) is 0 Å². The van der Waals surface area contributed by atoms with Gasteiger partial charge < -0.3 is 0 Å². The fourth-order valence-electron chi connectivity index (χ4n) is 0.829. The van der Waals surface area contributed by atoms with E-state index in [1.165, 1.54) is 13.8 Å². The van der Waals surface area contributed by atoms with Gasteiger partial charge in [-0.25, -0.2) is 9.97 Å². The van der Waals surface area contributed by atoms with Gasteiger partial charge in [-0.3, -0.25) is 0 Å². The van der Waals surface area contributed by atoms with Crippen LogP contribution in [-0.2, 0) is 6.18 Å². The number of halogens is 4. The summed E-state index contributed by atoms with van der Waals surface area (Å²) in [5.74, 6) is -1.07. The van der Waals surface area contributed by atoms with Crippen LogP contribution < -0.4 is 0 Å². The highest BCUT2D eigenvalue weighted by molar-refractivity contribution is 14.1. The third-order valence-corrected chi connectivity index (χ3v) is 3.00. The second kappa shape index (κ2) is 3.39. The minimum Gasteiger partial charge on any atom is -0.229 e. The standard InChI is InChI=1S/C7H6F3IN2/c1-3-5(11)4(2)13-6(12-3)7(8,9)10/h1-2H3. The summed E-state index contributed by atoms with van der Waals surface area (Å²) in [5.41, 5.74) is 0.723. The molecular weight excluding hydrogens is 296 g/mol. The third-order valence-electron chi connectivity index (χ3n) is 1.44. The molecule has 6 heteroatoms. The van der Waals surface area contributed by atoms with Gasteiger partial charge in [0.25, 0.3) is 0 Å². The molecule has 0 fully saturated rings. The average Bonchev–Trinajstić information content (AvgIpc) is 1.97. The van der Waals surface area contributed by atoms with E-state index in [-0.39, 0.29) is 0 Å². The lowest BCUT2D eigenvalue weighted by atomic mass is 10.3. The van der Waals surface area contributed by atoms with Crippen LogP contribution in [0.1, 0.15) is 17.2 Å². The van der Waals surface area contributed by atoms with Crippen LogP contribution in [0, 0.1) is 17.4 Å². The van der Waals surface area contributed by atoms with Crippen molar-refractivity contribution in [2.75, 3.05) is 0 Å². The number of rotatable bonds is 0. The summed E-state index contributed by atoms with van der Waals surface area (Å²) in [6.07, 6.45) is -4.46. The zero-order valence-electron chi connectivity index (χ0n) is 6.91. The van der Waals surface area contributed by atoms with Crippen LogP contribution in [0.5, 0.6) is 0 Å². The molecule has 13 heavy (non-hydrogen) atoms. The van der Waals surface area contributed by atoms with Crippen LogP contribution in [0.25, 0.3) is 0 Å². The van der Waals surface area contributed by atoms with Gasteiger partial charge in [0.2, 0.25) is 5.82 Å². The number of hydrogen-bond acceptors (Lipinski definition) is 2. The van der Waals surface area contributed by atoms with Crippen molar-refractivity contribution in [3.05, 3.63) is 20.8 Å². The molecule has 0 radical (unpaired) electrons. The highest BCUT2D eigenvalue weighted by Crippen LogP contribution is 2.27. The number of nitrogens with zero attached hydrogens (tertiary/aromatic N) is 2. The quantitative estimate of drug-likeness (QED) is 0.689. The van der Waals surface area contributed by atoms with Crippen molar-refractivity contribution in [1.82, 2.24) is 9.97 Å². The first-order valence-corrected chi connectivity index (χ1v) is 4.48. The lowest BCUT2D eigenvalue weighted by Crippen LogP contribution is -2.13. The van der Waals surface area contributed by atoms with Crippen molar-refractivity contribution in [1.29, 1.82) is 0 Å². The van der Waals surface area contributed by atoms with Crippen molar-refractivity contribution in [3.63, 3.8) is 0 Å². The van der Waals surface area contributed by atoms with Gasteiger partial charge in [0.1, 0.15) is 0 Å². The van der Waals surface area contributed by atoms with Crippen molar-refractivity contribution in [2.45, 2.75) is 20.0 Å². The molecule has 2 nitrogen and oxygen atoms in total. The van der Waals surface area contributed by atoms with E-state index in [0.717, 1.165) is 0 Å². The van der Waals surface area contributed by atoms with Crippen LogP contribution in [0.15, 0.2) is 0 Å². The Labute approximate surface area is 86.7 Å². The van der Waals surface area contributed by atoms with Crippen molar-refractivity contribution >= 4 is 22.6 Å². The normalized spacial score (nSPS) is 11.8. The molecule has 0 aliphatic rings. The first-order valence-electron chi connectivity index (χ1n) is 3.40. The molecule has 1 aromatic rings. The summed E-state index contributed by atoms with van der Waals surface area (Å²) in [4.78, 5) is 6.72. The highest BCUT2D eigenvalue weighted by Gasteiger charge is 2.35. The van der Waals surface area contributed by atoms with Gasteiger partial charge in [-0.15, -0.1) is 0 Å². The fraction of sp³-hybridized carbons (Fsp3) is 0.429. The molecule has 0 aliphatic carbocycles. The zero-order chi connectivity index (χ0) is 10.2. The van der Waals surface area contributed by atoms with E-state index in [1.807, 2.05) is 22.6 Å². The van der Waals surface area contributed by atoms with Crippen molar-refractivity contribution in [2.24, 2.45) is 0 Å². The molecule has 0 spiro atoms. The molecule has 0 aromatic carbocycles. The predicted molar refractivity (Wildman–Crippen MR) is 49.2 cm³/mol. The monoisotopic (exact) mass is 302 g/mol. The summed E-state index contributed by atoms with van der Waals surface area (Å²) >= 11 is 1.92. The van der Waals surface area contributed by atoms with E-state index in [0.29, 0.717) is 15.0 Å². The number of hydrogen-bond donors (Lipinski definition) is 0. The van der Waals surface area contributed by atoms with Crippen molar-refractivity contribution in [3.8, 4) is 0 Å². The van der Waals surface area contributed by atoms with Gasteiger partial charge in [-0.05, 0) is 36.4 Å². The second-order valence-electron chi connectivity index (χ2n) is 2.53. The highest BCUT2D eigenvalue weighted by atomic mass is 127. The Kier molecular flexibility index (Phi) is 2.79. The van der Waals surface area contributed by atoms with E-state index in [2.05, 4.69) is 9.97 Å². The van der Waals surface area contributed by atoms with Gasteiger partial charge in [0, 0.05) is 0 Å². The number of aryl methyl sites for hydroxylation is 2. The van der Waals surface area contributed by atoms with Crippen LogP contribution >= 0.6 is 22.6 Å². The van der Waals surface area contributed by atoms with Gasteiger partial charge in [-0.1, -0.05) is 0 Å². The lowest BCUT2D eigenvalue weighted by Gasteiger charge is -2.08. The van der Waals surface area contributed by atoms with Crippen LogP contribution in [0.2, 0.25) is 0 Å². The Morgan fingerprint density at radius 2 is 1.46 bits per heavy atom. The Hall–Kier alpha value is -0.400. The molecule has 1 aromatic heterocycles. The Morgan fingerprint density at radius 3 is 1.77 bits per heavy atom. The molecule has 0 amide bonds. The number of alkyl halides is 3. The Morgan fingerprint density at radius 1 is 1.08 bits per heavy atom. The summed E-state index contributed by atoms with van der Waals surface area (Å²) in [6, 6.07) is 0. The maximum atomic E-state index is 12.2. The van der Waals surface area contributed by atoms with E-state index >= 15 is 0 Å². The lowest BCUT2D eigenvalue weighted by molar-refractivity contribution is -0.145. The summed E-state index contributed by atoms with van der Waals surface area (Å²) in [7, 11) is 0. The first-order chi connectivity index (χ1) is 5.82. The Bertz CT molecular complexity index is 312. The molecular formula is C7H6F3IN2. The average molecular weight is 302 g/mol. The molecule has 0 atom stereocenters. The van der Waals surface area contributed by atoms with E-state index in [9.17, 15) is 13.2 Å². The molecule has 0 aliphatic heterocycles.